The van der Waals surface area contributed by atoms with Crippen molar-refractivity contribution < 1.29 is 9.13 Å². The van der Waals surface area contributed by atoms with Crippen molar-refractivity contribution in [2.45, 2.75) is 39.5 Å². The van der Waals surface area contributed by atoms with E-state index in [2.05, 4.69) is 35.1 Å². The van der Waals surface area contributed by atoms with E-state index in [0.717, 1.165) is 30.4 Å². The van der Waals surface area contributed by atoms with E-state index in [1.165, 1.54) is 18.9 Å². The van der Waals surface area contributed by atoms with E-state index in [4.69, 9.17) is 4.74 Å². The summed E-state index contributed by atoms with van der Waals surface area (Å²) in [6, 6.07) is 4.88. The van der Waals surface area contributed by atoms with Crippen molar-refractivity contribution in [3.63, 3.8) is 0 Å². The van der Waals surface area contributed by atoms with Crippen LogP contribution in [0.25, 0.3) is 0 Å². The quantitative estimate of drug-likeness (QED) is 0.616. The third-order valence-electron chi connectivity index (χ3n) is 2.95. The summed E-state index contributed by atoms with van der Waals surface area (Å²) in [6.45, 7) is 7.18. The zero-order valence-corrected chi connectivity index (χ0v) is 14.0. The van der Waals surface area contributed by atoms with E-state index >= 15 is 0 Å². The maximum atomic E-state index is 13.5. The van der Waals surface area contributed by atoms with Gasteiger partial charge in [-0.05, 0) is 50.0 Å². The Hall–Kier alpha value is -0.610. The molecule has 0 unspecified atom stereocenters. The van der Waals surface area contributed by atoms with Gasteiger partial charge in [0.25, 0.3) is 0 Å². The van der Waals surface area contributed by atoms with Gasteiger partial charge >= 0.3 is 0 Å². The molecular formula is C16H25BrFNO. The molecule has 0 bridgehead atoms. The molecule has 0 heterocycles. The first-order chi connectivity index (χ1) is 9.59. The average molecular weight is 346 g/mol. The number of nitrogens with one attached hydrogen (secondary N) is 1. The van der Waals surface area contributed by atoms with Crippen molar-refractivity contribution >= 4 is 15.9 Å². The van der Waals surface area contributed by atoms with Crippen molar-refractivity contribution in [1.29, 1.82) is 0 Å². The topological polar surface area (TPSA) is 21.3 Å². The highest BCUT2D eigenvalue weighted by molar-refractivity contribution is 9.10. The largest absolute Gasteiger partial charge is 0.491 e. The lowest BCUT2D eigenvalue weighted by atomic mass is 10.2. The summed E-state index contributed by atoms with van der Waals surface area (Å²) in [5, 5.41) is 3.43. The second-order valence-electron chi connectivity index (χ2n) is 5.44. The Labute approximate surface area is 130 Å². The van der Waals surface area contributed by atoms with Crippen LogP contribution in [0.3, 0.4) is 0 Å². The number of rotatable bonds is 10. The predicted molar refractivity (Wildman–Crippen MR) is 85.8 cm³/mol. The van der Waals surface area contributed by atoms with Crippen LogP contribution in [0.4, 0.5) is 4.39 Å². The van der Waals surface area contributed by atoms with Crippen LogP contribution in [0.1, 0.15) is 39.5 Å². The van der Waals surface area contributed by atoms with Crippen LogP contribution in [0.5, 0.6) is 5.75 Å². The fourth-order valence-corrected chi connectivity index (χ4v) is 2.20. The molecule has 0 saturated carbocycles. The third kappa shape index (κ3) is 7.85. The van der Waals surface area contributed by atoms with Gasteiger partial charge in [-0.25, -0.2) is 4.39 Å². The molecule has 4 heteroatoms. The molecule has 0 spiro atoms. The fourth-order valence-electron chi connectivity index (χ4n) is 1.87. The summed E-state index contributed by atoms with van der Waals surface area (Å²) in [4.78, 5) is 0. The minimum atomic E-state index is -0.308. The second kappa shape index (κ2) is 10.2. The maximum absolute atomic E-state index is 13.5. The molecule has 2 nitrogen and oxygen atoms in total. The van der Waals surface area contributed by atoms with Crippen LogP contribution in [-0.2, 0) is 0 Å². The highest BCUT2D eigenvalue weighted by Gasteiger charge is 2.03. The first kappa shape index (κ1) is 17.4. The highest BCUT2D eigenvalue weighted by atomic mass is 79.9. The van der Waals surface area contributed by atoms with Crippen LogP contribution in [0.2, 0.25) is 0 Å². The Morgan fingerprint density at radius 3 is 2.65 bits per heavy atom. The van der Waals surface area contributed by atoms with E-state index in [-0.39, 0.29) is 5.82 Å². The zero-order chi connectivity index (χ0) is 14.8. The van der Waals surface area contributed by atoms with Gasteiger partial charge in [0.15, 0.2) is 11.6 Å². The lowest BCUT2D eigenvalue weighted by molar-refractivity contribution is 0.290. The van der Waals surface area contributed by atoms with Gasteiger partial charge in [-0.1, -0.05) is 42.6 Å². The lowest BCUT2D eigenvalue weighted by Gasteiger charge is -2.08. The lowest BCUT2D eigenvalue weighted by Crippen LogP contribution is -2.20. The highest BCUT2D eigenvalue weighted by Crippen LogP contribution is 2.21. The molecule has 0 fully saturated rings. The summed E-state index contributed by atoms with van der Waals surface area (Å²) >= 11 is 3.23. The number of halogens is 2. The molecule has 114 valence electrons. The van der Waals surface area contributed by atoms with Gasteiger partial charge < -0.3 is 10.1 Å². The average Bonchev–Trinajstić information content (AvgIpc) is 2.38. The monoisotopic (exact) mass is 345 g/mol. The Kier molecular flexibility index (Phi) is 8.86. The van der Waals surface area contributed by atoms with Crippen LogP contribution in [0.15, 0.2) is 22.7 Å². The Bertz CT molecular complexity index is 385. The number of benzene rings is 1. The van der Waals surface area contributed by atoms with Gasteiger partial charge in [-0.3, -0.25) is 0 Å². The standard InChI is InChI=1S/C16H25BrFNO/c1-13(2)12-19-9-5-3-4-6-10-20-16-8-7-14(17)11-15(16)18/h7-8,11,13,19H,3-6,9-10,12H2,1-2H3. The molecule has 0 saturated heterocycles. The summed E-state index contributed by atoms with van der Waals surface area (Å²) in [5.41, 5.74) is 0. The summed E-state index contributed by atoms with van der Waals surface area (Å²) in [6.07, 6.45) is 4.48. The third-order valence-corrected chi connectivity index (χ3v) is 3.45. The molecule has 1 aromatic rings. The van der Waals surface area contributed by atoms with E-state index < -0.39 is 0 Å². The van der Waals surface area contributed by atoms with Gasteiger partial charge in [0.2, 0.25) is 0 Å². The number of hydrogen-bond acceptors (Lipinski definition) is 2. The fraction of sp³-hybridized carbons (Fsp3) is 0.625. The van der Waals surface area contributed by atoms with Crippen LogP contribution < -0.4 is 10.1 Å². The summed E-state index contributed by atoms with van der Waals surface area (Å²) < 4.78 is 19.6. The first-order valence-corrected chi connectivity index (χ1v) is 8.17. The number of ether oxygens (including phenoxy) is 1. The number of unbranched alkanes of at least 4 members (excludes halogenated alkanes) is 3. The molecule has 20 heavy (non-hydrogen) atoms. The second-order valence-corrected chi connectivity index (χ2v) is 6.35. The van der Waals surface area contributed by atoms with Gasteiger partial charge in [0.1, 0.15) is 0 Å². The molecule has 1 N–H and O–H groups in total. The maximum Gasteiger partial charge on any atom is 0.166 e. The molecule has 0 aliphatic rings. The molecule has 0 radical (unpaired) electrons. The van der Waals surface area contributed by atoms with Crippen LogP contribution in [-0.4, -0.2) is 19.7 Å². The molecule has 0 aliphatic carbocycles. The van der Waals surface area contributed by atoms with Gasteiger partial charge in [0, 0.05) is 4.47 Å². The van der Waals surface area contributed by atoms with E-state index in [0.29, 0.717) is 18.3 Å². The van der Waals surface area contributed by atoms with Crippen molar-refractivity contribution in [1.82, 2.24) is 5.32 Å². The molecule has 1 aromatic carbocycles. The predicted octanol–water partition coefficient (Wildman–Crippen LogP) is 4.77. The van der Waals surface area contributed by atoms with Crippen LogP contribution >= 0.6 is 15.9 Å². The van der Waals surface area contributed by atoms with Crippen molar-refractivity contribution in [2.75, 3.05) is 19.7 Å². The normalized spacial score (nSPS) is 11.1. The van der Waals surface area contributed by atoms with E-state index in [1.807, 2.05) is 0 Å². The summed E-state index contributed by atoms with van der Waals surface area (Å²) in [5.74, 6) is 0.744. The van der Waals surface area contributed by atoms with Crippen molar-refractivity contribution in [3.8, 4) is 5.75 Å². The first-order valence-electron chi connectivity index (χ1n) is 7.38. The molecule has 0 aliphatic heterocycles. The molecule has 0 amide bonds. The minimum Gasteiger partial charge on any atom is -0.491 e. The zero-order valence-electron chi connectivity index (χ0n) is 12.4. The van der Waals surface area contributed by atoms with E-state index in [1.54, 1.807) is 12.1 Å². The Morgan fingerprint density at radius 1 is 1.20 bits per heavy atom. The van der Waals surface area contributed by atoms with Gasteiger partial charge in [-0.15, -0.1) is 0 Å². The van der Waals surface area contributed by atoms with Crippen molar-refractivity contribution in [2.24, 2.45) is 5.92 Å². The smallest absolute Gasteiger partial charge is 0.166 e. The van der Waals surface area contributed by atoms with E-state index in [9.17, 15) is 4.39 Å². The molecule has 1 rings (SSSR count). The number of hydrogen-bond donors (Lipinski definition) is 1. The SMILES string of the molecule is CC(C)CNCCCCCCOc1ccc(Br)cc1F. The minimum absolute atomic E-state index is 0.308. The molecule has 0 atom stereocenters. The molecular weight excluding hydrogens is 321 g/mol. The van der Waals surface area contributed by atoms with Crippen molar-refractivity contribution in [3.05, 3.63) is 28.5 Å². The Balaban J connectivity index is 1.99. The summed E-state index contributed by atoms with van der Waals surface area (Å²) in [7, 11) is 0. The van der Waals surface area contributed by atoms with Crippen LogP contribution in [0, 0.1) is 11.7 Å². The molecule has 0 aromatic heterocycles. The Morgan fingerprint density at radius 2 is 1.95 bits per heavy atom. The van der Waals surface area contributed by atoms with Gasteiger partial charge in [0.05, 0.1) is 6.61 Å². The van der Waals surface area contributed by atoms with Gasteiger partial charge in [-0.2, -0.15) is 0 Å².